The molecule has 1 heterocycles. The maximum atomic E-state index is 13.2. The third kappa shape index (κ3) is 4.83. The molecule has 34 heavy (non-hydrogen) atoms. The molecule has 1 aliphatic rings. The Kier molecular flexibility index (Phi) is 7.00. The number of carbonyl (C=O) groups excluding carboxylic acids is 3. The van der Waals surface area contributed by atoms with E-state index in [4.69, 9.17) is 4.74 Å². The molecular weight excluding hydrogens is 564 g/mol. The van der Waals surface area contributed by atoms with Crippen LogP contribution < -0.4 is 15.0 Å². The van der Waals surface area contributed by atoms with E-state index in [2.05, 4.69) is 37.2 Å². The van der Waals surface area contributed by atoms with Gasteiger partial charge in [0.05, 0.1) is 12.8 Å². The maximum absolute atomic E-state index is 13.2. The van der Waals surface area contributed by atoms with E-state index in [0.717, 1.165) is 30.5 Å². The van der Waals surface area contributed by atoms with Crippen LogP contribution in [0.1, 0.15) is 22.3 Å². The summed E-state index contributed by atoms with van der Waals surface area (Å²) < 4.78 is 7.37. The summed E-state index contributed by atoms with van der Waals surface area (Å²) >= 11 is 7.18. The molecule has 1 saturated heterocycles. The lowest BCUT2D eigenvalue weighted by atomic mass is 10.0. The molecule has 1 N–H and O–H groups in total. The van der Waals surface area contributed by atoms with Crippen LogP contribution in [0.25, 0.3) is 6.08 Å². The summed E-state index contributed by atoms with van der Waals surface area (Å²) in [6.45, 7) is 1.86. The quantitative estimate of drug-likeness (QED) is 0.305. The van der Waals surface area contributed by atoms with Crippen LogP contribution >= 0.6 is 31.9 Å². The number of anilines is 1. The molecule has 0 aliphatic carbocycles. The van der Waals surface area contributed by atoms with Crippen LogP contribution in [-0.4, -0.2) is 25.0 Å². The molecule has 0 unspecified atom stereocenters. The number of nitrogens with one attached hydrogen (secondary N) is 1. The fraction of sp³-hybridized carbons (Fsp3) is 0.115. The Hall–Kier alpha value is -3.23. The molecule has 0 atom stereocenters. The van der Waals surface area contributed by atoms with Crippen molar-refractivity contribution in [3.05, 3.63) is 97.4 Å². The summed E-state index contributed by atoms with van der Waals surface area (Å²) in [5.74, 6) is -0.828. The van der Waals surface area contributed by atoms with Gasteiger partial charge in [-0.05, 0) is 60.0 Å². The topological polar surface area (TPSA) is 75.7 Å². The number of methoxy groups -OCH3 is 1. The van der Waals surface area contributed by atoms with E-state index in [1.807, 2.05) is 43.3 Å². The molecule has 4 amide bonds. The number of urea groups is 1. The van der Waals surface area contributed by atoms with Crippen molar-refractivity contribution >= 4 is 61.5 Å². The third-order valence-corrected chi connectivity index (χ3v) is 6.88. The van der Waals surface area contributed by atoms with E-state index in [-0.39, 0.29) is 5.57 Å². The van der Waals surface area contributed by atoms with Gasteiger partial charge >= 0.3 is 6.03 Å². The Morgan fingerprint density at radius 1 is 0.971 bits per heavy atom. The zero-order valence-corrected chi connectivity index (χ0v) is 21.6. The first-order valence-corrected chi connectivity index (χ1v) is 11.9. The normalized spacial score (nSPS) is 15.0. The highest BCUT2D eigenvalue weighted by Crippen LogP contribution is 2.34. The van der Waals surface area contributed by atoms with Crippen LogP contribution in [0.4, 0.5) is 10.5 Å². The number of nitrogens with zero attached hydrogens (tertiary/aromatic N) is 1. The highest BCUT2D eigenvalue weighted by atomic mass is 79.9. The lowest BCUT2D eigenvalue weighted by molar-refractivity contribution is -0.122. The first kappa shape index (κ1) is 23.9. The molecule has 8 heteroatoms. The van der Waals surface area contributed by atoms with Gasteiger partial charge in [-0.2, -0.15) is 0 Å². The van der Waals surface area contributed by atoms with Gasteiger partial charge < -0.3 is 4.74 Å². The molecule has 0 bridgehead atoms. The summed E-state index contributed by atoms with van der Waals surface area (Å²) in [7, 11) is 1.57. The number of benzene rings is 3. The average molecular weight is 584 g/mol. The second kappa shape index (κ2) is 9.95. The van der Waals surface area contributed by atoms with E-state index in [9.17, 15) is 14.4 Å². The number of ether oxygens (including phenoxy) is 1. The predicted octanol–water partition coefficient (Wildman–Crippen LogP) is 5.79. The number of imide groups is 2. The van der Waals surface area contributed by atoms with Gasteiger partial charge in [0.15, 0.2) is 0 Å². The van der Waals surface area contributed by atoms with Gasteiger partial charge in [-0.15, -0.1) is 0 Å². The molecule has 0 spiro atoms. The van der Waals surface area contributed by atoms with Crippen molar-refractivity contribution < 1.29 is 19.1 Å². The van der Waals surface area contributed by atoms with Crippen molar-refractivity contribution in [2.24, 2.45) is 0 Å². The van der Waals surface area contributed by atoms with Gasteiger partial charge in [-0.1, -0.05) is 62.2 Å². The van der Waals surface area contributed by atoms with Gasteiger partial charge in [0.1, 0.15) is 11.3 Å². The van der Waals surface area contributed by atoms with Gasteiger partial charge in [-0.25, -0.2) is 9.69 Å². The van der Waals surface area contributed by atoms with Gasteiger partial charge in [0.2, 0.25) is 0 Å². The fourth-order valence-electron chi connectivity index (χ4n) is 3.73. The second-order valence-electron chi connectivity index (χ2n) is 7.75. The average Bonchev–Trinajstić information content (AvgIpc) is 2.79. The first-order chi connectivity index (χ1) is 16.3. The molecule has 4 rings (SSSR count). The maximum Gasteiger partial charge on any atom is 0.335 e. The van der Waals surface area contributed by atoms with Crippen LogP contribution in [-0.2, 0) is 16.0 Å². The van der Waals surface area contributed by atoms with Crippen LogP contribution in [0.3, 0.4) is 0 Å². The molecule has 172 valence electrons. The zero-order chi connectivity index (χ0) is 24.4. The zero-order valence-electron chi connectivity index (χ0n) is 18.4. The number of aryl methyl sites for hydroxylation is 1. The molecule has 0 aromatic heterocycles. The molecule has 3 aromatic carbocycles. The number of halogens is 2. The minimum Gasteiger partial charge on any atom is -0.496 e. The van der Waals surface area contributed by atoms with Crippen LogP contribution in [0.2, 0.25) is 0 Å². The number of barbiturate groups is 1. The number of hydrogen-bond donors (Lipinski definition) is 1. The Bertz CT molecular complexity index is 1350. The van der Waals surface area contributed by atoms with E-state index in [1.54, 1.807) is 31.4 Å². The highest BCUT2D eigenvalue weighted by molar-refractivity contribution is 9.10. The highest BCUT2D eigenvalue weighted by Gasteiger charge is 2.36. The summed E-state index contributed by atoms with van der Waals surface area (Å²) in [6, 6.07) is 17.7. The van der Waals surface area contributed by atoms with Gasteiger partial charge in [0, 0.05) is 20.9 Å². The van der Waals surface area contributed by atoms with E-state index in [1.165, 1.54) is 6.08 Å². The minimum atomic E-state index is -0.778. The SMILES string of the molecule is COc1cc(/C=C2\C(=O)NC(=O)N(c3cccc(C)c3)C2=O)cc(Br)c1Cc1ccccc1Br. The Balaban J connectivity index is 1.72. The molecule has 1 aliphatic heterocycles. The van der Waals surface area contributed by atoms with Crippen LogP contribution in [0.15, 0.2) is 75.2 Å². The fourth-order valence-corrected chi connectivity index (χ4v) is 4.75. The first-order valence-electron chi connectivity index (χ1n) is 10.4. The Labute approximate surface area is 213 Å². The van der Waals surface area contributed by atoms with Crippen molar-refractivity contribution in [3.63, 3.8) is 0 Å². The molecule has 0 radical (unpaired) electrons. The smallest absolute Gasteiger partial charge is 0.335 e. The van der Waals surface area contributed by atoms with E-state index in [0.29, 0.717) is 23.4 Å². The monoisotopic (exact) mass is 582 g/mol. The summed E-state index contributed by atoms with van der Waals surface area (Å²) in [5, 5.41) is 2.25. The number of carbonyl (C=O) groups is 3. The van der Waals surface area contributed by atoms with Crippen molar-refractivity contribution in [2.45, 2.75) is 13.3 Å². The Morgan fingerprint density at radius 2 is 1.74 bits per heavy atom. The lowest BCUT2D eigenvalue weighted by Crippen LogP contribution is -2.54. The van der Waals surface area contributed by atoms with Gasteiger partial charge in [0.25, 0.3) is 11.8 Å². The Morgan fingerprint density at radius 3 is 2.44 bits per heavy atom. The number of hydrogen-bond acceptors (Lipinski definition) is 4. The molecule has 1 fully saturated rings. The minimum absolute atomic E-state index is 0.145. The lowest BCUT2D eigenvalue weighted by Gasteiger charge is -2.26. The van der Waals surface area contributed by atoms with Gasteiger partial charge in [-0.3, -0.25) is 14.9 Å². The van der Waals surface area contributed by atoms with Crippen molar-refractivity contribution in [3.8, 4) is 5.75 Å². The van der Waals surface area contributed by atoms with Crippen LogP contribution in [0.5, 0.6) is 5.75 Å². The van der Waals surface area contributed by atoms with E-state index < -0.39 is 17.8 Å². The van der Waals surface area contributed by atoms with E-state index >= 15 is 0 Å². The third-order valence-electron chi connectivity index (χ3n) is 5.39. The summed E-state index contributed by atoms with van der Waals surface area (Å²) in [4.78, 5) is 39.1. The molecule has 3 aromatic rings. The largest absolute Gasteiger partial charge is 0.496 e. The molecule has 0 saturated carbocycles. The van der Waals surface area contributed by atoms with Crippen LogP contribution in [0, 0.1) is 6.92 Å². The second-order valence-corrected chi connectivity index (χ2v) is 9.46. The molecular formula is C26H20Br2N2O4. The van der Waals surface area contributed by atoms with Crippen molar-refractivity contribution in [1.29, 1.82) is 0 Å². The van der Waals surface area contributed by atoms with Crippen molar-refractivity contribution in [1.82, 2.24) is 5.32 Å². The number of rotatable bonds is 5. The summed E-state index contributed by atoms with van der Waals surface area (Å²) in [6.07, 6.45) is 2.07. The van der Waals surface area contributed by atoms with Crippen molar-refractivity contribution in [2.75, 3.05) is 12.0 Å². The summed E-state index contributed by atoms with van der Waals surface area (Å²) in [5.41, 5.74) is 3.72. The standard InChI is InChI=1S/C26H20Br2N2O4/c1-15-6-5-8-18(10-15)30-25(32)20(24(31)29-26(30)33)11-16-12-22(28)19(23(13-16)34-2)14-17-7-3-4-9-21(17)27/h3-13H,14H2,1-2H3,(H,29,31,33)/b20-11+. The number of amides is 4. The molecule has 6 nitrogen and oxygen atoms in total. The predicted molar refractivity (Wildman–Crippen MR) is 138 cm³/mol.